The number of anilines is 1. The zero-order valence-corrected chi connectivity index (χ0v) is 18.0. The third kappa shape index (κ3) is 3.47. The molecule has 1 unspecified atom stereocenters. The van der Waals surface area contributed by atoms with E-state index in [9.17, 15) is 14.9 Å². The maximum absolute atomic E-state index is 13.6. The molecule has 0 N–H and O–H groups in total. The number of nitrogens with zero attached hydrogens (tertiary/aromatic N) is 3. The number of amides is 1. The van der Waals surface area contributed by atoms with Crippen LogP contribution in [0, 0.1) is 10.1 Å². The molecule has 1 spiro atoms. The van der Waals surface area contributed by atoms with Gasteiger partial charge in [0.05, 0.1) is 16.0 Å². The average Bonchev–Trinajstić information content (AvgIpc) is 3.15. The van der Waals surface area contributed by atoms with Crippen molar-refractivity contribution in [3.8, 4) is 0 Å². The molecule has 7 nitrogen and oxygen atoms in total. The van der Waals surface area contributed by atoms with Crippen molar-refractivity contribution in [1.29, 1.82) is 0 Å². The molecule has 2 aliphatic rings. The fourth-order valence-corrected chi connectivity index (χ4v) is 5.01. The number of carbonyl (C=O) groups excluding carboxylic acids is 1. The first-order valence-corrected chi connectivity index (χ1v) is 13.5. The average molecular weight is 412 g/mol. The van der Waals surface area contributed by atoms with E-state index in [0.717, 1.165) is 28.4 Å². The van der Waals surface area contributed by atoms with Gasteiger partial charge >= 0.3 is 0 Å². The lowest BCUT2D eigenvalue weighted by molar-refractivity contribution is -0.384. The van der Waals surface area contributed by atoms with E-state index in [1.807, 2.05) is 6.07 Å². The lowest BCUT2D eigenvalue weighted by Crippen LogP contribution is -2.42. The lowest BCUT2D eigenvalue weighted by atomic mass is 9.79. The van der Waals surface area contributed by atoms with Crippen molar-refractivity contribution in [3.63, 3.8) is 0 Å². The van der Waals surface area contributed by atoms with Crippen molar-refractivity contribution < 1.29 is 14.5 Å². The van der Waals surface area contributed by atoms with Gasteiger partial charge in [0.1, 0.15) is 6.73 Å². The van der Waals surface area contributed by atoms with E-state index in [2.05, 4.69) is 24.6 Å². The van der Waals surface area contributed by atoms with Crippen molar-refractivity contribution in [3.05, 3.63) is 63.5 Å². The summed E-state index contributed by atoms with van der Waals surface area (Å²) in [5, 5.41) is 11.2. The van der Waals surface area contributed by atoms with Gasteiger partial charge in [-0.05, 0) is 36.1 Å². The summed E-state index contributed by atoms with van der Waals surface area (Å²) in [5.41, 5.74) is 2.88. The maximum atomic E-state index is 13.6. The fraction of sp³-hybridized carbons (Fsp3) is 0.429. The molecule has 1 atom stereocenters. The molecule has 4 rings (SSSR count). The number of fused-ring (bicyclic) bond motifs is 3. The van der Waals surface area contributed by atoms with Crippen LogP contribution in [0.2, 0.25) is 25.7 Å². The molecule has 0 saturated heterocycles. The third-order valence-corrected chi connectivity index (χ3v) is 7.56. The molecule has 8 heteroatoms. The summed E-state index contributed by atoms with van der Waals surface area (Å²) in [7, 11) is -1.21. The number of non-ortho nitro benzene ring substituents is 1. The van der Waals surface area contributed by atoms with Crippen LogP contribution in [0.1, 0.15) is 16.7 Å². The Balaban J connectivity index is 1.61. The number of carbonyl (C=O) groups is 1. The van der Waals surface area contributed by atoms with Crippen LogP contribution >= 0.6 is 0 Å². The highest BCUT2D eigenvalue weighted by Gasteiger charge is 2.54. The van der Waals surface area contributed by atoms with Crippen molar-refractivity contribution in [2.75, 3.05) is 18.2 Å². The lowest BCUT2D eigenvalue weighted by Gasteiger charge is -2.24. The molecule has 1 aromatic carbocycles. The molecular weight excluding hydrogens is 386 g/mol. The second-order valence-corrected chi connectivity index (χ2v) is 14.7. The van der Waals surface area contributed by atoms with Gasteiger partial charge in [-0.2, -0.15) is 0 Å². The second kappa shape index (κ2) is 7.03. The Morgan fingerprint density at radius 1 is 1.24 bits per heavy atom. The van der Waals surface area contributed by atoms with Gasteiger partial charge in [0.2, 0.25) is 5.91 Å². The molecule has 1 aliphatic carbocycles. The number of benzene rings is 1. The molecule has 0 radical (unpaired) electrons. The Morgan fingerprint density at radius 2 is 2.00 bits per heavy atom. The van der Waals surface area contributed by atoms with Crippen LogP contribution in [0.3, 0.4) is 0 Å². The fourth-order valence-electron chi connectivity index (χ4n) is 4.25. The highest BCUT2D eigenvalue weighted by molar-refractivity contribution is 6.76. The standard InChI is InChI=1S/C21H25N3O4Si/c1-29(2,3)9-8-28-14-23-19-6-7-22-13-18(19)21(20(23)25)11-15-4-5-17(24(26)27)10-16(15)12-21/h4-7,10,13H,8-9,11-12,14H2,1-3H3. The zero-order valence-electron chi connectivity index (χ0n) is 17.0. The highest BCUT2D eigenvalue weighted by Crippen LogP contribution is 2.49. The summed E-state index contributed by atoms with van der Waals surface area (Å²) < 4.78 is 5.88. The van der Waals surface area contributed by atoms with Crippen LogP contribution in [-0.4, -0.2) is 37.2 Å². The third-order valence-electron chi connectivity index (χ3n) is 5.86. The minimum atomic E-state index is -1.21. The van der Waals surface area contributed by atoms with Crippen molar-refractivity contribution in [2.45, 2.75) is 43.9 Å². The Labute approximate surface area is 170 Å². The first-order valence-electron chi connectivity index (χ1n) is 9.82. The van der Waals surface area contributed by atoms with Crippen LogP contribution in [0.15, 0.2) is 36.7 Å². The molecule has 0 fully saturated rings. The van der Waals surface area contributed by atoms with Gasteiger partial charge in [-0.1, -0.05) is 25.7 Å². The van der Waals surface area contributed by atoms with Gasteiger partial charge < -0.3 is 4.74 Å². The van der Waals surface area contributed by atoms with Crippen molar-refractivity contribution >= 4 is 25.4 Å². The van der Waals surface area contributed by atoms with Crippen molar-refractivity contribution in [1.82, 2.24) is 4.98 Å². The monoisotopic (exact) mass is 411 g/mol. The smallest absolute Gasteiger partial charge is 0.269 e. The topological polar surface area (TPSA) is 85.6 Å². The number of hydrogen-bond donors (Lipinski definition) is 0. The zero-order chi connectivity index (χ0) is 20.8. The molecule has 0 bridgehead atoms. The van der Waals surface area contributed by atoms with Crippen LogP contribution in [0.4, 0.5) is 11.4 Å². The number of ether oxygens (including phenoxy) is 1. The van der Waals surface area contributed by atoms with Crippen LogP contribution in [0.5, 0.6) is 0 Å². The second-order valence-electron chi connectivity index (χ2n) is 9.12. The minimum absolute atomic E-state index is 0.00708. The molecule has 0 saturated carbocycles. The Hall–Kier alpha value is -2.58. The SMILES string of the molecule is C[Si](C)(C)CCOCN1C(=O)C2(Cc3ccc([N+](=O)[O-])cc3C2)c2cnccc21. The number of pyridine rings is 1. The molecule has 2 heterocycles. The Morgan fingerprint density at radius 3 is 2.72 bits per heavy atom. The van der Waals surface area contributed by atoms with Gasteiger partial charge in [0, 0.05) is 44.8 Å². The van der Waals surface area contributed by atoms with Gasteiger partial charge in [-0.25, -0.2) is 0 Å². The number of aromatic nitrogens is 1. The summed E-state index contributed by atoms with van der Waals surface area (Å²) in [4.78, 5) is 30.3. The van der Waals surface area contributed by atoms with Gasteiger partial charge in [0.25, 0.3) is 5.69 Å². The van der Waals surface area contributed by atoms with Gasteiger partial charge in [0.15, 0.2) is 0 Å². The molecule has 1 amide bonds. The van der Waals surface area contributed by atoms with Crippen molar-refractivity contribution in [2.24, 2.45) is 0 Å². The molecule has 1 aliphatic heterocycles. The van der Waals surface area contributed by atoms with Crippen LogP contribution in [-0.2, 0) is 27.8 Å². The van der Waals surface area contributed by atoms with E-state index in [1.54, 1.807) is 29.4 Å². The van der Waals surface area contributed by atoms with Gasteiger partial charge in [-0.3, -0.25) is 24.8 Å². The Bertz CT molecular complexity index is 988. The molecular formula is C21H25N3O4Si. The van der Waals surface area contributed by atoms with E-state index < -0.39 is 18.4 Å². The number of rotatable bonds is 6. The summed E-state index contributed by atoms with van der Waals surface area (Å²) in [6, 6.07) is 7.78. The Kier molecular flexibility index (Phi) is 4.78. The summed E-state index contributed by atoms with van der Waals surface area (Å²) in [6.45, 7) is 7.74. The first-order chi connectivity index (χ1) is 13.7. The molecule has 1 aromatic heterocycles. The van der Waals surface area contributed by atoms with Crippen LogP contribution in [0.25, 0.3) is 0 Å². The van der Waals surface area contributed by atoms with E-state index in [-0.39, 0.29) is 18.3 Å². The van der Waals surface area contributed by atoms with Crippen LogP contribution < -0.4 is 4.90 Å². The summed E-state index contributed by atoms with van der Waals surface area (Å²) in [6.07, 6.45) is 4.43. The molecule has 29 heavy (non-hydrogen) atoms. The normalized spacial score (nSPS) is 20.2. The highest BCUT2D eigenvalue weighted by atomic mass is 28.3. The number of hydrogen-bond acceptors (Lipinski definition) is 5. The largest absolute Gasteiger partial charge is 0.361 e. The molecule has 2 aromatic rings. The van der Waals surface area contributed by atoms with E-state index in [4.69, 9.17) is 4.74 Å². The van der Waals surface area contributed by atoms with E-state index in [1.165, 1.54) is 6.07 Å². The summed E-state index contributed by atoms with van der Waals surface area (Å²) in [5.74, 6) is -0.00708. The minimum Gasteiger partial charge on any atom is -0.361 e. The number of nitro groups is 1. The van der Waals surface area contributed by atoms with E-state index >= 15 is 0 Å². The quantitative estimate of drug-likeness (QED) is 0.313. The van der Waals surface area contributed by atoms with Gasteiger partial charge in [-0.15, -0.1) is 0 Å². The predicted molar refractivity (Wildman–Crippen MR) is 113 cm³/mol. The molecule has 152 valence electrons. The maximum Gasteiger partial charge on any atom is 0.269 e. The van der Waals surface area contributed by atoms with E-state index in [0.29, 0.717) is 19.4 Å². The predicted octanol–water partition coefficient (Wildman–Crippen LogP) is 3.69. The first kappa shape index (κ1) is 19.7. The number of nitro benzene ring substituents is 1. The summed E-state index contributed by atoms with van der Waals surface area (Å²) >= 11 is 0.